The summed E-state index contributed by atoms with van der Waals surface area (Å²) in [5, 5.41) is 0. The zero-order valence-electron chi connectivity index (χ0n) is 10.6. The Morgan fingerprint density at radius 1 is 1.11 bits per heavy atom. The van der Waals surface area contributed by atoms with E-state index in [-0.39, 0.29) is 5.82 Å². The van der Waals surface area contributed by atoms with Crippen molar-refractivity contribution in [2.24, 2.45) is 5.73 Å². The summed E-state index contributed by atoms with van der Waals surface area (Å²) in [4.78, 5) is 0. The van der Waals surface area contributed by atoms with Crippen molar-refractivity contribution in [2.75, 3.05) is 6.54 Å². The first kappa shape index (κ1) is 12.8. The molecule has 94 valence electrons. The molecule has 1 unspecified atom stereocenters. The van der Waals surface area contributed by atoms with Crippen LogP contribution in [0.15, 0.2) is 48.5 Å². The number of rotatable bonds is 4. The summed E-state index contributed by atoms with van der Waals surface area (Å²) in [6, 6.07) is 15.1. The predicted octanol–water partition coefficient (Wildman–Crippen LogP) is 3.48. The van der Waals surface area contributed by atoms with E-state index in [0.717, 1.165) is 11.1 Å². The van der Waals surface area contributed by atoms with Crippen LogP contribution < -0.4 is 5.73 Å². The van der Waals surface area contributed by atoms with Crippen LogP contribution in [-0.4, -0.2) is 6.54 Å². The lowest BCUT2D eigenvalue weighted by atomic mass is 9.96. The topological polar surface area (TPSA) is 26.0 Å². The van der Waals surface area contributed by atoms with Crippen LogP contribution in [0.1, 0.15) is 29.5 Å². The Hall–Kier alpha value is -1.67. The molecule has 0 aliphatic heterocycles. The Balaban J connectivity index is 2.22. The monoisotopic (exact) mass is 243 g/mol. The minimum atomic E-state index is -0.144. The Kier molecular flexibility index (Phi) is 4.11. The van der Waals surface area contributed by atoms with Gasteiger partial charge in [-0.25, -0.2) is 4.39 Å². The molecule has 18 heavy (non-hydrogen) atoms. The molecule has 2 rings (SSSR count). The molecule has 2 aromatic rings. The number of benzene rings is 2. The van der Waals surface area contributed by atoms with Crippen LogP contribution in [0.4, 0.5) is 4.39 Å². The standard InChI is InChI=1S/C16H18FN/c1-12(11-18)14-7-4-5-13(9-14)10-15-6-2-3-8-16(15)17/h2-9,12H,10-11,18H2,1H3. The molecular formula is C16H18FN. The molecule has 0 radical (unpaired) electrons. The zero-order valence-corrected chi connectivity index (χ0v) is 10.6. The molecule has 0 bridgehead atoms. The lowest BCUT2D eigenvalue weighted by Crippen LogP contribution is -2.09. The average molecular weight is 243 g/mol. The summed E-state index contributed by atoms with van der Waals surface area (Å²) in [7, 11) is 0. The van der Waals surface area contributed by atoms with Gasteiger partial charge in [-0.05, 0) is 35.2 Å². The van der Waals surface area contributed by atoms with E-state index in [1.54, 1.807) is 6.07 Å². The van der Waals surface area contributed by atoms with Crippen molar-refractivity contribution >= 4 is 0 Å². The molecule has 2 N–H and O–H groups in total. The molecule has 0 saturated carbocycles. The van der Waals surface area contributed by atoms with Crippen LogP contribution in [0, 0.1) is 5.82 Å². The van der Waals surface area contributed by atoms with Gasteiger partial charge in [0.25, 0.3) is 0 Å². The highest BCUT2D eigenvalue weighted by atomic mass is 19.1. The predicted molar refractivity (Wildman–Crippen MR) is 73.1 cm³/mol. The van der Waals surface area contributed by atoms with E-state index in [2.05, 4.69) is 19.1 Å². The van der Waals surface area contributed by atoms with Crippen molar-refractivity contribution in [3.63, 3.8) is 0 Å². The minimum Gasteiger partial charge on any atom is -0.330 e. The summed E-state index contributed by atoms with van der Waals surface area (Å²) in [6.07, 6.45) is 0.623. The number of hydrogen-bond acceptors (Lipinski definition) is 1. The first-order chi connectivity index (χ1) is 8.70. The molecule has 1 nitrogen and oxygen atoms in total. The molecule has 1 atom stereocenters. The molecule has 2 heteroatoms. The Morgan fingerprint density at radius 2 is 1.89 bits per heavy atom. The molecule has 2 aromatic carbocycles. The van der Waals surface area contributed by atoms with Crippen LogP contribution in [0.5, 0.6) is 0 Å². The highest BCUT2D eigenvalue weighted by molar-refractivity contribution is 5.31. The van der Waals surface area contributed by atoms with E-state index < -0.39 is 0 Å². The first-order valence-electron chi connectivity index (χ1n) is 6.23. The average Bonchev–Trinajstić information content (AvgIpc) is 2.41. The van der Waals surface area contributed by atoms with Gasteiger partial charge < -0.3 is 5.73 Å². The molecule has 0 spiro atoms. The quantitative estimate of drug-likeness (QED) is 0.874. The van der Waals surface area contributed by atoms with Gasteiger partial charge in [-0.3, -0.25) is 0 Å². The third kappa shape index (κ3) is 2.96. The van der Waals surface area contributed by atoms with Crippen molar-refractivity contribution in [1.82, 2.24) is 0 Å². The molecule has 0 aliphatic carbocycles. The molecule has 0 aliphatic rings. The van der Waals surface area contributed by atoms with Crippen LogP contribution in [0.2, 0.25) is 0 Å². The molecular weight excluding hydrogens is 225 g/mol. The lowest BCUT2D eigenvalue weighted by molar-refractivity contribution is 0.614. The summed E-state index contributed by atoms with van der Waals surface area (Å²) in [5.41, 5.74) is 8.74. The van der Waals surface area contributed by atoms with Gasteiger partial charge in [0.1, 0.15) is 5.82 Å². The molecule has 0 heterocycles. The summed E-state index contributed by atoms with van der Waals surface area (Å²) >= 11 is 0. The SMILES string of the molecule is CC(CN)c1cccc(Cc2ccccc2F)c1. The molecule has 0 amide bonds. The van der Waals surface area contributed by atoms with Crippen LogP contribution in [0.25, 0.3) is 0 Å². The van der Waals surface area contributed by atoms with Crippen LogP contribution in [-0.2, 0) is 6.42 Å². The van der Waals surface area contributed by atoms with E-state index >= 15 is 0 Å². The Labute approximate surface area is 107 Å². The van der Waals surface area contributed by atoms with Gasteiger partial charge in [-0.15, -0.1) is 0 Å². The Bertz CT molecular complexity index is 522. The smallest absolute Gasteiger partial charge is 0.126 e. The van der Waals surface area contributed by atoms with Gasteiger partial charge in [0.05, 0.1) is 0 Å². The van der Waals surface area contributed by atoms with Gasteiger partial charge in [0.2, 0.25) is 0 Å². The van der Waals surface area contributed by atoms with E-state index in [1.807, 2.05) is 24.3 Å². The fraction of sp³-hybridized carbons (Fsp3) is 0.250. The second-order valence-corrected chi connectivity index (χ2v) is 4.65. The fourth-order valence-corrected chi connectivity index (χ4v) is 2.01. The van der Waals surface area contributed by atoms with E-state index in [1.165, 1.54) is 11.6 Å². The largest absolute Gasteiger partial charge is 0.330 e. The normalized spacial score (nSPS) is 12.4. The third-order valence-electron chi connectivity index (χ3n) is 3.23. The summed E-state index contributed by atoms with van der Waals surface area (Å²) < 4.78 is 13.6. The van der Waals surface area contributed by atoms with E-state index in [4.69, 9.17) is 5.73 Å². The maximum absolute atomic E-state index is 13.6. The summed E-state index contributed by atoms with van der Waals surface area (Å²) in [5.74, 6) is 0.195. The second-order valence-electron chi connectivity index (χ2n) is 4.65. The number of halogens is 1. The van der Waals surface area contributed by atoms with Gasteiger partial charge in [-0.1, -0.05) is 49.4 Å². The third-order valence-corrected chi connectivity index (χ3v) is 3.23. The second kappa shape index (κ2) is 5.78. The van der Waals surface area contributed by atoms with E-state index in [0.29, 0.717) is 18.9 Å². The van der Waals surface area contributed by atoms with Crippen LogP contribution >= 0.6 is 0 Å². The maximum atomic E-state index is 13.6. The number of hydrogen-bond donors (Lipinski definition) is 1. The fourth-order valence-electron chi connectivity index (χ4n) is 2.01. The van der Waals surface area contributed by atoms with Crippen molar-refractivity contribution in [2.45, 2.75) is 19.3 Å². The van der Waals surface area contributed by atoms with Gasteiger partial charge >= 0.3 is 0 Å². The zero-order chi connectivity index (χ0) is 13.0. The molecule has 0 aromatic heterocycles. The highest BCUT2D eigenvalue weighted by Crippen LogP contribution is 2.18. The maximum Gasteiger partial charge on any atom is 0.126 e. The first-order valence-corrected chi connectivity index (χ1v) is 6.23. The Morgan fingerprint density at radius 3 is 2.61 bits per heavy atom. The molecule has 0 fully saturated rings. The van der Waals surface area contributed by atoms with Crippen molar-refractivity contribution in [1.29, 1.82) is 0 Å². The molecule has 0 saturated heterocycles. The lowest BCUT2D eigenvalue weighted by Gasteiger charge is -2.11. The van der Waals surface area contributed by atoms with Crippen LogP contribution in [0.3, 0.4) is 0 Å². The highest BCUT2D eigenvalue weighted by Gasteiger charge is 2.06. The van der Waals surface area contributed by atoms with Crippen molar-refractivity contribution in [3.8, 4) is 0 Å². The number of nitrogens with two attached hydrogens (primary N) is 1. The van der Waals surface area contributed by atoms with Gasteiger partial charge in [-0.2, -0.15) is 0 Å². The van der Waals surface area contributed by atoms with Gasteiger partial charge in [0, 0.05) is 6.42 Å². The van der Waals surface area contributed by atoms with Gasteiger partial charge in [0.15, 0.2) is 0 Å². The van der Waals surface area contributed by atoms with Crippen molar-refractivity contribution < 1.29 is 4.39 Å². The van der Waals surface area contributed by atoms with E-state index in [9.17, 15) is 4.39 Å². The van der Waals surface area contributed by atoms with Crippen molar-refractivity contribution in [3.05, 3.63) is 71.0 Å². The summed E-state index contributed by atoms with van der Waals surface area (Å²) in [6.45, 7) is 2.73. The minimum absolute atomic E-state index is 0.144.